The predicted molar refractivity (Wildman–Crippen MR) is 140 cm³/mol. The Bertz CT molecular complexity index is 891. The Kier molecular flexibility index (Phi) is 8.07. The molecule has 0 aromatic heterocycles. The summed E-state index contributed by atoms with van der Waals surface area (Å²) in [7, 11) is 0. The lowest BCUT2D eigenvalue weighted by Gasteiger charge is -2.57. The molecule has 0 saturated heterocycles. The van der Waals surface area contributed by atoms with Crippen molar-refractivity contribution in [2.24, 2.45) is 46.3 Å². The first kappa shape index (κ1) is 27.4. The monoisotopic (exact) mass is 500 g/mol. The molecule has 5 heteroatoms. The van der Waals surface area contributed by atoms with Crippen LogP contribution in [-0.2, 0) is 23.9 Å². The summed E-state index contributed by atoms with van der Waals surface area (Å²) >= 11 is 0. The Morgan fingerprint density at radius 3 is 2.56 bits per heavy atom. The summed E-state index contributed by atoms with van der Waals surface area (Å²) in [5, 5.41) is 0. The fourth-order valence-corrected chi connectivity index (χ4v) is 8.84. The lowest BCUT2D eigenvalue weighted by molar-refractivity contribution is -0.154. The number of ketones is 1. The average Bonchev–Trinajstić information content (AvgIpc) is 3.10. The van der Waals surface area contributed by atoms with Crippen LogP contribution in [0.1, 0.15) is 106 Å². The van der Waals surface area contributed by atoms with Gasteiger partial charge in [-0.15, -0.1) is 0 Å². The quantitative estimate of drug-likeness (QED) is 0.275. The molecule has 0 aromatic rings. The average molecular weight is 501 g/mol. The number of rotatable bonds is 8. The molecule has 0 aromatic carbocycles. The second-order valence-electron chi connectivity index (χ2n) is 13.3. The second-order valence-corrected chi connectivity index (χ2v) is 13.3. The molecule has 5 nitrogen and oxygen atoms in total. The second kappa shape index (κ2) is 10.6. The van der Waals surface area contributed by atoms with Crippen LogP contribution in [-0.4, -0.2) is 30.4 Å². The zero-order chi connectivity index (χ0) is 26.3. The van der Waals surface area contributed by atoms with E-state index in [1.807, 2.05) is 6.92 Å². The molecule has 3 saturated carbocycles. The molecule has 4 aliphatic rings. The van der Waals surface area contributed by atoms with E-state index in [1.165, 1.54) is 32.6 Å². The van der Waals surface area contributed by atoms with E-state index in [-0.39, 0.29) is 41.1 Å². The van der Waals surface area contributed by atoms with Gasteiger partial charge in [-0.05, 0) is 105 Å². The molecule has 0 bridgehead atoms. The number of ether oxygens (including phenoxy) is 2. The van der Waals surface area contributed by atoms with E-state index >= 15 is 0 Å². The number of hydrogen-bond donors (Lipinski definition) is 0. The van der Waals surface area contributed by atoms with Gasteiger partial charge in [-0.25, -0.2) is 0 Å². The first-order chi connectivity index (χ1) is 17.0. The molecule has 5 unspecified atom stereocenters. The predicted octanol–water partition coefficient (Wildman–Crippen LogP) is 6.68. The lowest BCUT2D eigenvalue weighted by Crippen LogP contribution is -2.50. The first-order valence-corrected chi connectivity index (χ1v) is 14.5. The molecule has 4 aliphatic carbocycles. The third-order valence-electron chi connectivity index (χ3n) is 10.7. The van der Waals surface area contributed by atoms with Gasteiger partial charge < -0.3 is 9.47 Å². The Labute approximate surface area is 218 Å². The Hall–Kier alpha value is -1.65. The summed E-state index contributed by atoms with van der Waals surface area (Å²) in [4.78, 5) is 36.8. The van der Waals surface area contributed by atoms with Crippen molar-refractivity contribution in [3.8, 4) is 0 Å². The maximum absolute atomic E-state index is 13.0. The molecular weight excluding hydrogens is 452 g/mol. The van der Waals surface area contributed by atoms with E-state index in [0.29, 0.717) is 42.6 Å². The number of allylic oxidation sites excluding steroid dienone is 2. The smallest absolute Gasteiger partial charge is 0.306 e. The first-order valence-electron chi connectivity index (χ1n) is 14.5. The summed E-state index contributed by atoms with van der Waals surface area (Å²) < 4.78 is 11.2. The van der Waals surface area contributed by atoms with Crippen LogP contribution >= 0.6 is 0 Å². The number of esters is 2. The normalized spacial score (nSPS) is 40.2. The van der Waals surface area contributed by atoms with E-state index in [9.17, 15) is 14.4 Å². The lowest BCUT2D eigenvalue weighted by atomic mass is 9.47. The zero-order valence-corrected chi connectivity index (χ0v) is 23.4. The van der Waals surface area contributed by atoms with Gasteiger partial charge in [-0.1, -0.05) is 39.3 Å². The van der Waals surface area contributed by atoms with Crippen LogP contribution in [0, 0.1) is 46.3 Å². The molecule has 0 radical (unpaired) electrons. The molecule has 9 atom stereocenters. The molecule has 0 spiro atoms. The molecular formula is C31H48O5. The minimum atomic E-state index is -0.299. The number of hydrogen-bond acceptors (Lipinski definition) is 5. The summed E-state index contributed by atoms with van der Waals surface area (Å²) in [5.74, 6) is 2.22. The van der Waals surface area contributed by atoms with Crippen LogP contribution in [0.4, 0.5) is 0 Å². The van der Waals surface area contributed by atoms with Crippen molar-refractivity contribution in [1.82, 2.24) is 0 Å². The van der Waals surface area contributed by atoms with Crippen LogP contribution < -0.4 is 0 Å². The molecule has 0 aliphatic heterocycles. The third-order valence-corrected chi connectivity index (χ3v) is 10.7. The van der Waals surface area contributed by atoms with Gasteiger partial charge in [0.2, 0.25) is 0 Å². The van der Waals surface area contributed by atoms with E-state index in [1.54, 1.807) is 12.5 Å². The highest BCUT2D eigenvalue weighted by Gasteiger charge is 2.62. The van der Waals surface area contributed by atoms with E-state index in [2.05, 4.69) is 26.8 Å². The summed E-state index contributed by atoms with van der Waals surface area (Å²) in [6.45, 7) is 12.7. The molecule has 3 fully saturated rings. The zero-order valence-electron chi connectivity index (χ0n) is 23.4. The van der Waals surface area contributed by atoms with Gasteiger partial charge in [0, 0.05) is 13.3 Å². The van der Waals surface area contributed by atoms with Crippen LogP contribution in [0.15, 0.2) is 11.6 Å². The van der Waals surface area contributed by atoms with Crippen LogP contribution in [0.25, 0.3) is 0 Å². The van der Waals surface area contributed by atoms with Gasteiger partial charge in [0.05, 0.1) is 12.5 Å². The minimum absolute atomic E-state index is 0.0832. The van der Waals surface area contributed by atoms with Crippen molar-refractivity contribution in [2.45, 2.75) is 112 Å². The third kappa shape index (κ3) is 5.18. The van der Waals surface area contributed by atoms with Gasteiger partial charge in [0.25, 0.3) is 0 Å². The highest BCUT2D eigenvalue weighted by Crippen LogP contribution is 2.66. The Morgan fingerprint density at radius 1 is 1.11 bits per heavy atom. The minimum Gasteiger partial charge on any atom is -0.466 e. The fraction of sp³-hybridized carbons (Fsp3) is 0.839. The molecule has 0 N–H and O–H groups in total. The molecule has 36 heavy (non-hydrogen) atoms. The largest absolute Gasteiger partial charge is 0.466 e. The number of carbonyl (C=O) groups is 3. The molecule has 202 valence electrons. The highest BCUT2D eigenvalue weighted by atomic mass is 16.5. The van der Waals surface area contributed by atoms with E-state index in [4.69, 9.17) is 9.47 Å². The Morgan fingerprint density at radius 2 is 1.86 bits per heavy atom. The highest BCUT2D eigenvalue weighted by molar-refractivity contribution is 5.81. The van der Waals surface area contributed by atoms with Crippen LogP contribution in [0.3, 0.4) is 0 Å². The number of Topliss-reactive ketones (excluding diaryl/α,β-unsaturated/α-hetero) is 1. The van der Waals surface area contributed by atoms with Gasteiger partial charge >= 0.3 is 11.9 Å². The topological polar surface area (TPSA) is 69.7 Å². The maximum Gasteiger partial charge on any atom is 0.306 e. The van der Waals surface area contributed by atoms with Crippen molar-refractivity contribution in [2.75, 3.05) is 6.61 Å². The van der Waals surface area contributed by atoms with Crippen molar-refractivity contribution < 1.29 is 23.9 Å². The van der Waals surface area contributed by atoms with Crippen molar-refractivity contribution in [3.05, 3.63) is 11.6 Å². The van der Waals surface area contributed by atoms with Gasteiger partial charge in [-0.3, -0.25) is 14.4 Å². The van der Waals surface area contributed by atoms with E-state index in [0.717, 1.165) is 31.6 Å². The van der Waals surface area contributed by atoms with Crippen molar-refractivity contribution in [3.63, 3.8) is 0 Å². The van der Waals surface area contributed by atoms with Gasteiger partial charge in [0.15, 0.2) is 0 Å². The Balaban J connectivity index is 1.42. The molecule has 0 amide bonds. The van der Waals surface area contributed by atoms with Crippen molar-refractivity contribution >= 4 is 17.7 Å². The van der Waals surface area contributed by atoms with Crippen LogP contribution in [0.5, 0.6) is 0 Å². The molecule has 4 rings (SSSR count). The summed E-state index contributed by atoms with van der Waals surface area (Å²) in [5.41, 5.74) is 1.92. The fourth-order valence-electron chi connectivity index (χ4n) is 8.84. The SMILES string of the molecule is CC(=O)OC[C@@H](C)CCCC(=O)OC1CC2C3CC=C4C[C@@H](C)CC[C@]4(C)C3CC[C@]2(C)C1C(C)=O. The van der Waals surface area contributed by atoms with E-state index < -0.39 is 0 Å². The maximum atomic E-state index is 13.0. The summed E-state index contributed by atoms with van der Waals surface area (Å²) in [6.07, 6.45) is 12.2. The van der Waals surface area contributed by atoms with Crippen LogP contribution in [0.2, 0.25) is 0 Å². The molecule has 0 heterocycles. The number of fused-ring (bicyclic) bond motifs is 5. The van der Waals surface area contributed by atoms with Gasteiger partial charge in [-0.2, -0.15) is 0 Å². The van der Waals surface area contributed by atoms with Gasteiger partial charge in [0.1, 0.15) is 11.9 Å². The summed E-state index contributed by atoms with van der Waals surface area (Å²) in [6, 6.07) is 0. The number of carbonyl (C=O) groups excluding carboxylic acids is 3. The van der Waals surface area contributed by atoms with Crippen molar-refractivity contribution in [1.29, 1.82) is 0 Å². The standard InChI is InChI=1S/C31H48O5/c1-19-12-14-30(5)23(16-19)10-11-24-25(30)13-15-31(6)26(24)17-27(29(31)21(3)32)36-28(34)9-7-8-20(2)18-35-22(4)33/h10,19-20,24-27,29H,7-9,11-18H2,1-6H3/t19-,20-,24?,25?,26?,27?,29?,30-,31-/m0/s1.